The zero-order chi connectivity index (χ0) is 20.9. The lowest BCUT2D eigenvalue weighted by Crippen LogP contribution is -2.26. The van der Waals surface area contributed by atoms with E-state index in [1.165, 1.54) is 5.56 Å². The average molecular weight is 399 g/mol. The molecule has 0 bridgehead atoms. The van der Waals surface area contributed by atoms with Crippen LogP contribution in [0.3, 0.4) is 0 Å². The van der Waals surface area contributed by atoms with Crippen molar-refractivity contribution in [2.24, 2.45) is 0 Å². The summed E-state index contributed by atoms with van der Waals surface area (Å²) in [7, 11) is 0. The number of nitrogens with zero attached hydrogens (tertiary/aromatic N) is 3. The number of pyridine rings is 1. The molecule has 0 aliphatic heterocycles. The summed E-state index contributed by atoms with van der Waals surface area (Å²) in [6.07, 6.45) is 1.56. The summed E-state index contributed by atoms with van der Waals surface area (Å²) in [4.78, 5) is 17.9. The van der Waals surface area contributed by atoms with Crippen LogP contribution in [0.2, 0.25) is 0 Å². The number of amides is 1. The second-order valence-corrected chi connectivity index (χ2v) is 7.43. The molecule has 0 unspecified atom stereocenters. The number of hydrogen-bond donors (Lipinski definition) is 1. The summed E-state index contributed by atoms with van der Waals surface area (Å²) in [5.41, 5.74) is 5.50. The Morgan fingerprint density at radius 1 is 1.00 bits per heavy atom. The van der Waals surface area contributed by atoms with Crippen LogP contribution in [-0.2, 0) is 19.4 Å². The number of fused-ring (bicyclic) bond motifs is 1. The maximum atomic E-state index is 13.1. The minimum Gasteiger partial charge on any atom is -0.352 e. The Morgan fingerprint density at radius 2 is 1.67 bits per heavy atom. The van der Waals surface area contributed by atoms with E-state index >= 15 is 0 Å². The van der Waals surface area contributed by atoms with Crippen LogP contribution in [0.15, 0.2) is 66.7 Å². The maximum Gasteiger partial charge on any atom is 0.252 e. The number of aryl methyl sites for hydroxylation is 2. The van der Waals surface area contributed by atoms with Crippen LogP contribution in [0, 0.1) is 6.92 Å². The lowest BCUT2D eigenvalue weighted by Gasteiger charge is -2.09. The topological polar surface area (TPSA) is 59.8 Å². The fourth-order valence-electron chi connectivity index (χ4n) is 3.69. The Balaban J connectivity index is 1.62. The molecule has 0 saturated carbocycles. The first kappa shape index (κ1) is 19.8. The SMILES string of the molecule is CCc1cc(C(=O)NCCc2ccccc2)c2c(C)nn(Cc3ccccc3)c2n1. The number of hydrogen-bond acceptors (Lipinski definition) is 3. The van der Waals surface area contributed by atoms with Crippen molar-refractivity contribution in [1.82, 2.24) is 20.1 Å². The lowest BCUT2D eigenvalue weighted by molar-refractivity contribution is 0.0955. The number of aromatic nitrogens is 3. The highest BCUT2D eigenvalue weighted by Gasteiger charge is 2.19. The van der Waals surface area contributed by atoms with E-state index in [0.29, 0.717) is 18.7 Å². The fraction of sp³-hybridized carbons (Fsp3) is 0.240. The summed E-state index contributed by atoms with van der Waals surface area (Å²) in [5.74, 6) is -0.0737. The van der Waals surface area contributed by atoms with Gasteiger partial charge in [-0.3, -0.25) is 4.79 Å². The molecule has 0 spiro atoms. The van der Waals surface area contributed by atoms with Gasteiger partial charge in [0, 0.05) is 12.2 Å². The van der Waals surface area contributed by atoms with E-state index in [2.05, 4.69) is 36.5 Å². The summed E-state index contributed by atoms with van der Waals surface area (Å²) in [6.45, 7) is 5.21. The van der Waals surface area contributed by atoms with Crippen molar-refractivity contribution >= 4 is 16.9 Å². The second kappa shape index (κ2) is 8.91. The quantitative estimate of drug-likeness (QED) is 0.504. The predicted octanol–water partition coefficient (Wildman–Crippen LogP) is 4.32. The molecule has 0 atom stereocenters. The zero-order valence-corrected chi connectivity index (χ0v) is 17.4. The molecule has 5 nitrogen and oxygen atoms in total. The Morgan fingerprint density at radius 3 is 2.33 bits per heavy atom. The number of nitrogens with one attached hydrogen (secondary N) is 1. The number of benzene rings is 2. The molecule has 30 heavy (non-hydrogen) atoms. The van der Waals surface area contributed by atoms with Gasteiger partial charge in [0.25, 0.3) is 5.91 Å². The van der Waals surface area contributed by atoms with Crippen LogP contribution in [0.1, 0.15) is 39.8 Å². The number of carbonyl (C=O) groups is 1. The first-order valence-corrected chi connectivity index (χ1v) is 10.4. The molecule has 4 rings (SSSR count). The van der Waals surface area contributed by atoms with Crippen LogP contribution in [0.5, 0.6) is 0 Å². The van der Waals surface area contributed by atoms with E-state index < -0.39 is 0 Å². The second-order valence-electron chi connectivity index (χ2n) is 7.43. The van der Waals surface area contributed by atoms with Crippen molar-refractivity contribution in [3.8, 4) is 0 Å². The van der Waals surface area contributed by atoms with Gasteiger partial charge in [0.1, 0.15) is 0 Å². The van der Waals surface area contributed by atoms with E-state index in [0.717, 1.165) is 40.8 Å². The van der Waals surface area contributed by atoms with Crippen LogP contribution < -0.4 is 5.32 Å². The third kappa shape index (κ3) is 4.25. The van der Waals surface area contributed by atoms with Gasteiger partial charge in [-0.25, -0.2) is 9.67 Å². The highest BCUT2D eigenvalue weighted by molar-refractivity contribution is 6.06. The molecule has 0 saturated heterocycles. The fourth-order valence-corrected chi connectivity index (χ4v) is 3.69. The monoisotopic (exact) mass is 398 g/mol. The van der Waals surface area contributed by atoms with E-state index in [9.17, 15) is 4.79 Å². The minimum absolute atomic E-state index is 0.0737. The first-order valence-electron chi connectivity index (χ1n) is 10.4. The van der Waals surface area contributed by atoms with E-state index in [1.807, 2.05) is 54.1 Å². The Kier molecular flexibility index (Phi) is 5.89. The third-order valence-corrected chi connectivity index (χ3v) is 5.25. The molecule has 2 aromatic carbocycles. The van der Waals surface area contributed by atoms with Gasteiger partial charge in [0.05, 0.1) is 23.2 Å². The van der Waals surface area contributed by atoms with Crippen molar-refractivity contribution in [3.63, 3.8) is 0 Å². The first-order chi connectivity index (χ1) is 14.7. The number of carbonyl (C=O) groups excluding carboxylic acids is 1. The van der Waals surface area contributed by atoms with Gasteiger partial charge in [-0.1, -0.05) is 67.6 Å². The summed E-state index contributed by atoms with van der Waals surface area (Å²) in [6, 6.07) is 22.3. The van der Waals surface area contributed by atoms with Crippen molar-refractivity contribution in [2.75, 3.05) is 6.54 Å². The molecule has 0 radical (unpaired) electrons. The van der Waals surface area contributed by atoms with E-state index in [1.54, 1.807) is 0 Å². The molecular weight excluding hydrogens is 372 g/mol. The van der Waals surface area contributed by atoms with Gasteiger partial charge in [0.15, 0.2) is 5.65 Å². The molecule has 4 aromatic rings. The molecule has 0 aliphatic rings. The Bertz CT molecular complexity index is 1150. The van der Waals surface area contributed by atoms with Crippen LogP contribution >= 0.6 is 0 Å². The van der Waals surface area contributed by atoms with Crippen molar-refractivity contribution in [3.05, 3.63) is 94.8 Å². The van der Waals surface area contributed by atoms with Crippen molar-refractivity contribution in [2.45, 2.75) is 33.2 Å². The standard InChI is InChI=1S/C25H26N4O/c1-3-21-16-22(25(30)26-15-14-19-10-6-4-7-11-19)23-18(2)28-29(24(23)27-21)17-20-12-8-5-9-13-20/h4-13,16H,3,14-15,17H2,1-2H3,(H,26,30). The molecule has 1 N–H and O–H groups in total. The molecule has 1 amide bonds. The number of rotatable bonds is 7. The summed E-state index contributed by atoms with van der Waals surface area (Å²) >= 11 is 0. The Hall–Kier alpha value is -3.47. The predicted molar refractivity (Wildman–Crippen MR) is 120 cm³/mol. The maximum absolute atomic E-state index is 13.1. The molecule has 5 heteroatoms. The van der Waals surface area contributed by atoms with Gasteiger partial charge in [-0.15, -0.1) is 0 Å². The highest BCUT2D eigenvalue weighted by Crippen LogP contribution is 2.23. The summed E-state index contributed by atoms with van der Waals surface area (Å²) < 4.78 is 1.90. The zero-order valence-electron chi connectivity index (χ0n) is 17.4. The van der Waals surface area contributed by atoms with Gasteiger partial charge in [0.2, 0.25) is 0 Å². The van der Waals surface area contributed by atoms with Crippen molar-refractivity contribution < 1.29 is 4.79 Å². The van der Waals surface area contributed by atoms with Gasteiger partial charge < -0.3 is 5.32 Å². The van der Waals surface area contributed by atoms with Gasteiger partial charge in [-0.2, -0.15) is 5.10 Å². The summed E-state index contributed by atoms with van der Waals surface area (Å²) in [5, 5.41) is 8.61. The normalized spacial score (nSPS) is 11.0. The Labute approximate surface area is 176 Å². The lowest BCUT2D eigenvalue weighted by atomic mass is 10.1. The molecule has 2 aromatic heterocycles. The molecule has 152 valence electrons. The average Bonchev–Trinajstić information content (AvgIpc) is 3.09. The highest BCUT2D eigenvalue weighted by atomic mass is 16.1. The van der Waals surface area contributed by atoms with Crippen LogP contribution in [0.25, 0.3) is 11.0 Å². The third-order valence-electron chi connectivity index (χ3n) is 5.25. The van der Waals surface area contributed by atoms with E-state index in [4.69, 9.17) is 10.1 Å². The van der Waals surface area contributed by atoms with Crippen LogP contribution in [-0.4, -0.2) is 27.2 Å². The molecule has 0 aliphatic carbocycles. The van der Waals surface area contributed by atoms with Gasteiger partial charge in [-0.05, 0) is 37.0 Å². The minimum atomic E-state index is -0.0737. The smallest absolute Gasteiger partial charge is 0.252 e. The van der Waals surface area contributed by atoms with Crippen molar-refractivity contribution in [1.29, 1.82) is 0 Å². The molecule has 0 fully saturated rings. The largest absolute Gasteiger partial charge is 0.352 e. The van der Waals surface area contributed by atoms with Gasteiger partial charge >= 0.3 is 0 Å². The van der Waals surface area contributed by atoms with Crippen LogP contribution in [0.4, 0.5) is 0 Å². The molecular formula is C25H26N4O. The molecule has 2 heterocycles. The van der Waals surface area contributed by atoms with E-state index in [-0.39, 0.29) is 5.91 Å².